The van der Waals surface area contributed by atoms with Crippen molar-refractivity contribution >= 4 is 11.7 Å². The molecule has 2 unspecified atom stereocenters. The summed E-state index contributed by atoms with van der Waals surface area (Å²) in [5.41, 5.74) is 0. The van der Waals surface area contributed by atoms with E-state index in [0.29, 0.717) is 18.2 Å². The highest BCUT2D eigenvalue weighted by molar-refractivity contribution is 5.80. The van der Waals surface area contributed by atoms with Crippen molar-refractivity contribution in [2.45, 2.75) is 38.6 Å². The summed E-state index contributed by atoms with van der Waals surface area (Å²) >= 11 is 0. The molecule has 92 valence electrons. The number of amides is 1. The van der Waals surface area contributed by atoms with Crippen molar-refractivity contribution in [3.8, 4) is 0 Å². The van der Waals surface area contributed by atoms with E-state index in [1.807, 2.05) is 14.0 Å². The van der Waals surface area contributed by atoms with Gasteiger partial charge in [0.15, 0.2) is 0 Å². The van der Waals surface area contributed by atoms with Crippen LogP contribution in [0.15, 0.2) is 0 Å². The van der Waals surface area contributed by atoms with Crippen LogP contribution in [0.4, 0.5) is 0 Å². The van der Waals surface area contributed by atoms with Crippen molar-refractivity contribution in [1.29, 1.82) is 0 Å². The third kappa shape index (κ3) is 3.59. The lowest BCUT2D eigenvalue weighted by Gasteiger charge is -2.31. The minimum Gasteiger partial charge on any atom is -0.359 e. The van der Waals surface area contributed by atoms with E-state index in [9.17, 15) is 9.59 Å². The molecule has 1 N–H and O–H groups in total. The second-order valence-corrected chi connectivity index (χ2v) is 4.74. The number of hydrogen-bond donors (Lipinski definition) is 1. The van der Waals surface area contributed by atoms with Gasteiger partial charge in [0.2, 0.25) is 5.91 Å². The largest absolute Gasteiger partial charge is 0.359 e. The lowest BCUT2D eigenvalue weighted by atomic mass is 9.93. The average molecular weight is 226 g/mol. The van der Waals surface area contributed by atoms with Gasteiger partial charge < -0.3 is 10.2 Å². The van der Waals surface area contributed by atoms with Gasteiger partial charge in [-0.2, -0.15) is 0 Å². The molecule has 16 heavy (non-hydrogen) atoms. The molecule has 1 aliphatic rings. The second-order valence-electron chi connectivity index (χ2n) is 4.74. The predicted molar refractivity (Wildman–Crippen MR) is 63.1 cm³/mol. The van der Waals surface area contributed by atoms with Gasteiger partial charge in [-0.05, 0) is 19.9 Å². The fourth-order valence-electron chi connectivity index (χ4n) is 2.29. The molecule has 0 aromatic heterocycles. The normalized spacial score (nSPS) is 23.2. The first kappa shape index (κ1) is 13.2. The highest BCUT2D eigenvalue weighted by Crippen LogP contribution is 2.19. The summed E-state index contributed by atoms with van der Waals surface area (Å²) in [5.74, 6) is 0.400. The van der Waals surface area contributed by atoms with Crippen molar-refractivity contribution in [3.63, 3.8) is 0 Å². The van der Waals surface area contributed by atoms with Crippen LogP contribution in [-0.2, 0) is 9.59 Å². The summed E-state index contributed by atoms with van der Waals surface area (Å²) in [4.78, 5) is 24.9. The molecule has 0 aliphatic heterocycles. The van der Waals surface area contributed by atoms with Gasteiger partial charge in [-0.3, -0.25) is 9.59 Å². The van der Waals surface area contributed by atoms with E-state index in [1.54, 1.807) is 7.05 Å². The van der Waals surface area contributed by atoms with Crippen molar-refractivity contribution in [2.24, 2.45) is 5.92 Å². The molecular weight excluding hydrogens is 204 g/mol. The number of carbonyl (C=O) groups is 2. The van der Waals surface area contributed by atoms with Crippen LogP contribution in [0.3, 0.4) is 0 Å². The Kier molecular flexibility index (Phi) is 4.93. The Balaban J connectivity index is 2.41. The van der Waals surface area contributed by atoms with Crippen LogP contribution < -0.4 is 5.32 Å². The molecule has 0 spiro atoms. The quantitative estimate of drug-likeness (QED) is 0.772. The Morgan fingerprint density at radius 2 is 2.31 bits per heavy atom. The number of rotatable bonds is 4. The van der Waals surface area contributed by atoms with Gasteiger partial charge in [-0.15, -0.1) is 0 Å². The van der Waals surface area contributed by atoms with Gasteiger partial charge in [-0.25, -0.2) is 0 Å². The lowest BCUT2D eigenvalue weighted by Crippen LogP contribution is -2.41. The smallest absolute Gasteiger partial charge is 0.223 e. The zero-order valence-corrected chi connectivity index (χ0v) is 10.5. The highest BCUT2D eigenvalue weighted by Gasteiger charge is 2.25. The molecule has 2 atom stereocenters. The van der Waals surface area contributed by atoms with Crippen LogP contribution >= 0.6 is 0 Å². The van der Waals surface area contributed by atoms with Gasteiger partial charge in [0.05, 0.1) is 0 Å². The maximum atomic E-state index is 11.4. The SMILES string of the molecule is CNC(=O)C(C)CN(C)C1CCCC(=O)C1. The molecular formula is C12H22N2O2. The summed E-state index contributed by atoms with van der Waals surface area (Å²) < 4.78 is 0. The maximum Gasteiger partial charge on any atom is 0.223 e. The topological polar surface area (TPSA) is 49.4 Å². The molecule has 1 aliphatic carbocycles. The highest BCUT2D eigenvalue weighted by atomic mass is 16.1. The Morgan fingerprint density at radius 1 is 1.62 bits per heavy atom. The molecule has 0 heterocycles. The number of ketones is 1. The van der Waals surface area contributed by atoms with Crippen molar-refractivity contribution < 1.29 is 9.59 Å². The number of carbonyl (C=O) groups excluding carboxylic acids is 2. The van der Waals surface area contributed by atoms with E-state index in [2.05, 4.69) is 10.2 Å². The monoisotopic (exact) mass is 226 g/mol. The number of nitrogens with one attached hydrogen (secondary N) is 1. The first-order chi connectivity index (χ1) is 7.54. The standard InChI is InChI=1S/C12H22N2O2/c1-9(12(16)13-2)8-14(3)10-5-4-6-11(15)7-10/h9-10H,4-8H2,1-3H3,(H,13,16). The summed E-state index contributed by atoms with van der Waals surface area (Å²) in [6, 6.07) is 0.327. The summed E-state index contributed by atoms with van der Waals surface area (Å²) in [5, 5.41) is 2.65. The summed E-state index contributed by atoms with van der Waals surface area (Å²) in [7, 11) is 3.66. The zero-order valence-electron chi connectivity index (χ0n) is 10.5. The van der Waals surface area contributed by atoms with Gasteiger partial charge >= 0.3 is 0 Å². The maximum absolute atomic E-state index is 11.4. The number of hydrogen-bond acceptors (Lipinski definition) is 3. The van der Waals surface area contributed by atoms with Crippen LogP contribution in [0.25, 0.3) is 0 Å². The molecule has 1 rings (SSSR count). The fraction of sp³-hybridized carbons (Fsp3) is 0.833. The molecule has 0 aromatic carbocycles. The molecule has 0 aromatic rings. The van der Waals surface area contributed by atoms with Crippen LogP contribution in [-0.4, -0.2) is 43.3 Å². The fourth-order valence-corrected chi connectivity index (χ4v) is 2.29. The first-order valence-corrected chi connectivity index (χ1v) is 5.98. The van der Waals surface area contributed by atoms with Gasteiger partial charge in [-0.1, -0.05) is 6.92 Å². The Morgan fingerprint density at radius 3 is 2.88 bits per heavy atom. The Hall–Kier alpha value is -0.900. The summed E-state index contributed by atoms with van der Waals surface area (Å²) in [6.07, 6.45) is 3.44. The minimum atomic E-state index is -0.0213. The number of nitrogens with zero attached hydrogens (tertiary/aromatic N) is 1. The van der Waals surface area contributed by atoms with Crippen LogP contribution in [0.2, 0.25) is 0 Å². The van der Waals surface area contributed by atoms with E-state index >= 15 is 0 Å². The molecule has 4 nitrogen and oxygen atoms in total. The molecule has 4 heteroatoms. The summed E-state index contributed by atoms with van der Waals surface area (Å²) in [6.45, 7) is 2.64. The molecule has 1 amide bonds. The molecule has 1 saturated carbocycles. The van der Waals surface area contributed by atoms with Crippen molar-refractivity contribution in [1.82, 2.24) is 10.2 Å². The third-order valence-corrected chi connectivity index (χ3v) is 3.34. The third-order valence-electron chi connectivity index (χ3n) is 3.34. The number of Topliss-reactive ketones (excluding diaryl/α,β-unsaturated/α-hetero) is 1. The molecule has 0 radical (unpaired) electrons. The molecule has 0 bridgehead atoms. The Labute approximate surface area is 97.4 Å². The van der Waals surface area contributed by atoms with Gasteiger partial charge in [0, 0.05) is 38.4 Å². The first-order valence-electron chi connectivity index (χ1n) is 5.98. The average Bonchev–Trinajstić information content (AvgIpc) is 2.27. The van der Waals surface area contributed by atoms with Gasteiger partial charge in [0.25, 0.3) is 0 Å². The second kappa shape index (κ2) is 5.99. The van der Waals surface area contributed by atoms with E-state index in [-0.39, 0.29) is 11.8 Å². The predicted octanol–water partition coefficient (Wildman–Crippen LogP) is 0.812. The van der Waals surface area contributed by atoms with Crippen molar-refractivity contribution in [2.75, 3.05) is 20.6 Å². The van der Waals surface area contributed by atoms with Crippen LogP contribution in [0.1, 0.15) is 32.6 Å². The lowest BCUT2D eigenvalue weighted by molar-refractivity contribution is -0.124. The van der Waals surface area contributed by atoms with E-state index in [4.69, 9.17) is 0 Å². The van der Waals surface area contributed by atoms with E-state index in [0.717, 1.165) is 25.8 Å². The van der Waals surface area contributed by atoms with E-state index in [1.165, 1.54) is 0 Å². The van der Waals surface area contributed by atoms with Crippen LogP contribution in [0.5, 0.6) is 0 Å². The molecule has 0 saturated heterocycles. The Bertz CT molecular complexity index is 266. The van der Waals surface area contributed by atoms with Crippen molar-refractivity contribution in [3.05, 3.63) is 0 Å². The molecule has 1 fully saturated rings. The van der Waals surface area contributed by atoms with E-state index < -0.39 is 0 Å². The van der Waals surface area contributed by atoms with Gasteiger partial charge in [0.1, 0.15) is 5.78 Å². The minimum absolute atomic E-state index is 0.0213. The zero-order chi connectivity index (χ0) is 12.1. The van der Waals surface area contributed by atoms with Crippen LogP contribution in [0, 0.1) is 5.92 Å².